The molecule has 1 N–H and O–H groups in total. The van der Waals surface area contributed by atoms with Gasteiger partial charge in [0.25, 0.3) is 0 Å². The summed E-state index contributed by atoms with van der Waals surface area (Å²) in [5.41, 5.74) is 0. The summed E-state index contributed by atoms with van der Waals surface area (Å²) >= 11 is 0. The van der Waals surface area contributed by atoms with Crippen LogP contribution in [0.25, 0.3) is 0 Å². The Morgan fingerprint density at radius 2 is 0.522 bits per heavy atom. The lowest BCUT2D eigenvalue weighted by Gasteiger charge is -2.18. The van der Waals surface area contributed by atoms with Crippen LogP contribution in [0.15, 0.2) is 0 Å². The van der Waals surface area contributed by atoms with Crippen molar-refractivity contribution in [3.8, 4) is 0 Å². The molecule has 0 rings (SSSR count). The number of unbranched alkanes of at least 4 members (excludes halogenated alkanes) is 32. The normalized spacial score (nSPS) is 11.7. The van der Waals surface area contributed by atoms with E-state index in [1.807, 2.05) is 0 Å². The minimum atomic E-state index is -0.311. The highest BCUT2D eigenvalue weighted by Gasteiger charge is 2.15. The maximum absolute atomic E-state index is 12.5. The molecule has 0 heterocycles. The molecule has 0 aliphatic rings. The van der Waals surface area contributed by atoms with Crippen molar-refractivity contribution in [3.05, 3.63) is 0 Å². The first kappa shape index (κ1) is 65.7. The molecule has 0 aromatic heterocycles. The van der Waals surface area contributed by atoms with Crippen molar-refractivity contribution in [1.29, 1.82) is 0 Å². The van der Waals surface area contributed by atoms with Crippen LogP contribution in [-0.2, 0) is 38.0 Å². The van der Waals surface area contributed by atoms with Gasteiger partial charge in [-0.25, -0.2) is 0 Å². The number of rotatable bonds is 58. The summed E-state index contributed by atoms with van der Waals surface area (Å²) in [6, 6.07) is 0. The van der Waals surface area contributed by atoms with Gasteiger partial charge in [0.1, 0.15) is 0 Å². The summed E-state index contributed by atoms with van der Waals surface area (Å²) in [5, 5.41) is 3.60. The van der Waals surface area contributed by atoms with Crippen LogP contribution in [-0.4, -0.2) is 77.2 Å². The van der Waals surface area contributed by atoms with E-state index in [0.717, 1.165) is 64.5 Å². The lowest BCUT2D eigenvalue weighted by atomic mass is 10.1. The third kappa shape index (κ3) is 53.9. The summed E-state index contributed by atoms with van der Waals surface area (Å²) in [4.78, 5) is 25.0. The molecule has 0 atom stereocenters. The summed E-state index contributed by atoms with van der Waals surface area (Å²) < 4.78 is 35.6. The number of esters is 2. The minimum absolute atomic E-state index is 0.133. The monoisotopic (exact) mass is 954 g/mol. The fourth-order valence-electron chi connectivity index (χ4n) is 8.40. The first-order valence-corrected chi connectivity index (χ1v) is 29.6. The topological polar surface area (TPSA) is 102 Å². The molecule has 0 aliphatic heterocycles. The smallest absolute Gasteiger partial charge is 0.305 e. The van der Waals surface area contributed by atoms with E-state index in [2.05, 4.69) is 33.0 Å². The summed E-state index contributed by atoms with van der Waals surface area (Å²) in [7, 11) is 0. The molecule has 0 amide bonds. The summed E-state index contributed by atoms with van der Waals surface area (Å²) in [6.07, 6.45) is 47.6. The molecule has 9 heteroatoms. The second-order valence-electron chi connectivity index (χ2n) is 19.6. The Kier molecular flexibility index (Phi) is 56.2. The van der Waals surface area contributed by atoms with Gasteiger partial charge in [-0.2, -0.15) is 0 Å². The van der Waals surface area contributed by atoms with Gasteiger partial charge in [-0.15, -0.1) is 0 Å². The number of hydrogen-bond donors (Lipinski definition) is 1. The third-order valence-electron chi connectivity index (χ3n) is 12.9. The molecule has 0 radical (unpaired) electrons. The minimum Gasteiger partial charge on any atom is -0.466 e. The van der Waals surface area contributed by atoms with Crippen LogP contribution in [0.1, 0.15) is 297 Å². The average Bonchev–Trinajstić information content (AvgIpc) is 3.33. The van der Waals surface area contributed by atoms with Gasteiger partial charge in [0.2, 0.25) is 0 Å². The van der Waals surface area contributed by atoms with Crippen molar-refractivity contribution in [2.45, 2.75) is 310 Å². The highest BCUT2D eigenvalue weighted by Crippen LogP contribution is 2.15. The number of carbonyl (C=O) groups excluding carboxylic acids is 2. The maximum atomic E-state index is 12.5. The van der Waals surface area contributed by atoms with Crippen molar-refractivity contribution < 1.29 is 38.0 Å². The molecule has 0 spiro atoms. The zero-order valence-electron chi connectivity index (χ0n) is 45.3. The Labute approximate surface area is 416 Å². The van der Waals surface area contributed by atoms with E-state index in [1.165, 1.54) is 193 Å². The van der Waals surface area contributed by atoms with Gasteiger partial charge in [-0.3, -0.25) is 9.59 Å². The fourth-order valence-corrected chi connectivity index (χ4v) is 8.40. The van der Waals surface area contributed by atoms with E-state index in [0.29, 0.717) is 65.3 Å². The second kappa shape index (κ2) is 57.3. The molecule has 0 unspecified atom stereocenters. The Morgan fingerprint density at radius 3 is 0.791 bits per heavy atom. The van der Waals surface area contributed by atoms with Crippen molar-refractivity contribution in [3.63, 3.8) is 0 Å². The molecule has 0 fully saturated rings. The fraction of sp³-hybridized carbons (Fsp3) is 0.966. The van der Waals surface area contributed by atoms with Crippen molar-refractivity contribution in [2.75, 3.05) is 52.7 Å². The molecule has 400 valence electrons. The van der Waals surface area contributed by atoms with Gasteiger partial charge in [0.05, 0.1) is 26.1 Å². The van der Waals surface area contributed by atoms with E-state index < -0.39 is 0 Å². The van der Waals surface area contributed by atoms with Gasteiger partial charge in [0, 0.05) is 39.3 Å². The zero-order valence-corrected chi connectivity index (χ0v) is 45.3. The molecule has 0 aromatic rings. The van der Waals surface area contributed by atoms with Gasteiger partial charge in [0.15, 0.2) is 12.6 Å². The van der Waals surface area contributed by atoms with E-state index in [1.54, 1.807) is 0 Å². The Bertz CT molecular complexity index is 855. The van der Waals surface area contributed by atoms with Crippen molar-refractivity contribution in [2.24, 2.45) is 0 Å². The van der Waals surface area contributed by atoms with Crippen LogP contribution >= 0.6 is 0 Å². The summed E-state index contributed by atoms with van der Waals surface area (Å²) in [5.74, 6) is -0.267. The van der Waals surface area contributed by atoms with Gasteiger partial charge in [-0.1, -0.05) is 220 Å². The van der Waals surface area contributed by atoms with E-state index in [4.69, 9.17) is 28.4 Å². The molecule has 0 saturated heterocycles. The average molecular weight is 955 g/mol. The second-order valence-corrected chi connectivity index (χ2v) is 19.6. The molecule has 9 nitrogen and oxygen atoms in total. The molecular weight excluding hydrogens is 839 g/mol. The highest BCUT2D eigenvalue weighted by atomic mass is 16.7. The van der Waals surface area contributed by atoms with Crippen LogP contribution in [0.2, 0.25) is 0 Å². The summed E-state index contributed by atoms with van der Waals surface area (Å²) in [6.45, 7) is 15.0. The van der Waals surface area contributed by atoms with Crippen molar-refractivity contribution >= 4 is 11.9 Å². The number of nitrogens with one attached hydrogen (secondary N) is 1. The molecular formula is C58H115NO8. The number of hydrogen-bond acceptors (Lipinski definition) is 9. The molecule has 0 bridgehead atoms. The maximum Gasteiger partial charge on any atom is 0.305 e. The Morgan fingerprint density at radius 1 is 0.299 bits per heavy atom. The Balaban J connectivity index is 3.94. The largest absolute Gasteiger partial charge is 0.466 e. The molecule has 0 saturated carbocycles. The lowest BCUT2D eigenvalue weighted by molar-refractivity contribution is -0.159. The van der Waals surface area contributed by atoms with Gasteiger partial charge < -0.3 is 33.7 Å². The zero-order chi connectivity index (χ0) is 48.6. The van der Waals surface area contributed by atoms with Crippen LogP contribution < -0.4 is 5.32 Å². The number of ether oxygens (including phenoxy) is 6. The SMILES string of the molecule is CCCCCCCCCOC(CCC(=O)OCCCCCCCNCCCCCCCOC(=O)CCC(OCCCCCCCCC)OCCCCCCCCC)OCCCCCCCCC. The van der Waals surface area contributed by atoms with Crippen LogP contribution in [0, 0.1) is 0 Å². The number of carbonyl (C=O) groups is 2. The third-order valence-corrected chi connectivity index (χ3v) is 12.9. The van der Waals surface area contributed by atoms with E-state index in [9.17, 15) is 9.59 Å². The predicted molar refractivity (Wildman–Crippen MR) is 283 cm³/mol. The molecule has 67 heavy (non-hydrogen) atoms. The first-order valence-electron chi connectivity index (χ1n) is 29.6. The lowest BCUT2D eigenvalue weighted by Crippen LogP contribution is -2.21. The van der Waals surface area contributed by atoms with Crippen LogP contribution in [0.5, 0.6) is 0 Å². The van der Waals surface area contributed by atoms with Crippen LogP contribution in [0.3, 0.4) is 0 Å². The molecule has 0 aromatic carbocycles. The van der Waals surface area contributed by atoms with E-state index >= 15 is 0 Å². The van der Waals surface area contributed by atoms with Gasteiger partial charge in [-0.05, 0) is 64.5 Å². The highest BCUT2D eigenvalue weighted by molar-refractivity contribution is 5.69. The predicted octanol–water partition coefficient (Wildman–Crippen LogP) is 16.8. The van der Waals surface area contributed by atoms with E-state index in [-0.39, 0.29) is 24.5 Å². The van der Waals surface area contributed by atoms with Gasteiger partial charge >= 0.3 is 11.9 Å². The Hall–Kier alpha value is -1.26. The first-order chi connectivity index (χ1) is 33.1. The molecule has 0 aliphatic carbocycles. The quantitative estimate of drug-likeness (QED) is 0.0363. The standard InChI is InChI=1S/C58H115NO8/c1-5-9-13-17-21-29-39-51-64-57(65-52-40-30-22-18-14-10-6-2)45-43-55(60)62-49-37-33-25-27-35-47-59-48-36-28-26-34-38-50-63-56(61)44-46-58(66-53-41-31-23-19-15-11-7-3)67-54-42-32-24-20-16-12-8-4/h57-59H,5-54H2,1-4H3. The van der Waals surface area contributed by atoms with Crippen molar-refractivity contribution in [1.82, 2.24) is 5.32 Å². The van der Waals surface area contributed by atoms with Crippen LogP contribution in [0.4, 0.5) is 0 Å².